The monoisotopic (exact) mass is 278 g/mol. The summed E-state index contributed by atoms with van der Waals surface area (Å²) in [5, 5.41) is 8.88. The van der Waals surface area contributed by atoms with Gasteiger partial charge in [0.05, 0.1) is 12.8 Å². The summed E-state index contributed by atoms with van der Waals surface area (Å²) in [6, 6.07) is 4.06. The van der Waals surface area contributed by atoms with E-state index in [-0.39, 0.29) is 17.3 Å². The molecule has 2 rings (SSSR count). The second-order valence-corrected chi connectivity index (χ2v) is 4.03. The van der Waals surface area contributed by atoms with Crippen molar-refractivity contribution >= 4 is 5.97 Å². The summed E-state index contributed by atoms with van der Waals surface area (Å²) >= 11 is 0. The topological polar surface area (TPSA) is 92.3 Å². The molecule has 0 atom stereocenters. The first-order chi connectivity index (χ1) is 9.43. The van der Waals surface area contributed by atoms with E-state index in [4.69, 9.17) is 9.84 Å². The van der Waals surface area contributed by atoms with E-state index in [2.05, 4.69) is 9.97 Å². The van der Waals surface area contributed by atoms with Gasteiger partial charge in [-0.15, -0.1) is 0 Å². The van der Waals surface area contributed by atoms with Crippen molar-refractivity contribution in [1.82, 2.24) is 9.97 Å². The fourth-order valence-corrected chi connectivity index (χ4v) is 1.79. The Morgan fingerprint density at radius 2 is 2.15 bits per heavy atom. The number of carbonyl (C=O) groups is 1. The quantitative estimate of drug-likeness (QED) is 0.889. The number of methoxy groups -OCH3 is 1. The van der Waals surface area contributed by atoms with Crippen molar-refractivity contribution in [3.05, 3.63) is 45.6 Å². The number of carboxylic acid groups (broad SMARTS) is 1. The Morgan fingerprint density at radius 3 is 2.65 bits per heavy atom. The van der Waals surface area contributed by atoms with Crippen LogP contribution in [0.4, 0.5) is 4.39 Å². The number of nitrogens with one attached hydrogen (secondary N) is 1. The highest BCUT2D eigenvalue weighted by molar-refractivity contribution is 5.88. The Bertz CT molecular complexity index is 740. The summed E-state index contributed by atoms with van der Waals surface area (Å²) in [5.74, 6) is -1.80. The fourth-order valence-electron chi connectivity index (χ4n) is 1.79. The van der Waals surface area contributed by atoms with Crippen molar-refractivity contribution in [3.8, 4) is 17.1 Å². The molecule has 0 saturated heterocycles. The van der Waals surface area contributed by atoms with Crippen LogP contribution in [-0.4, -0.2) is 28.2 Å². The minimum atomic E-state index is -1.36. The summed E-state index contributed by atoms with van der Waals surface area (Å²) in [7, 11) is 1.34. The van der Waals surface area contributed by atoms with Gasteiger partial charge in [-0.1, -0.05) is 0 Å². The molecular weight excluding hydrogens is 267 g/mol. The van der Waals surface area contributed by atoms with Crippen LogP contribution in [0.5, 0.6) is 5.75 Å². The number of aromatic amines is 1. The van der Waals surface area contributed by atoms with Gasteiger partial charge in [-0.25, -0.2) is 14.2 Å². The van der Waals surface area contributed by atoms with E-state index in [0.717, 1.165) is 6.07 Å². The van der Waals surface area contributed by atoms with Crippen LogP contribution in [0.2, 0.25) is 0 Å². The average molecular weight is 278 g/mol. The van der Waals surface area contributed by atoms with Crippen molar-refractivity contribution < 1.29 is 19.0 Å². The third-order valence-corrected chi connectivity index (χ3v) is 2.74. The first-order valence-corrected chi connectivity index (χ1v) is 5.62. The maximum Gasteiger partial charge on any atom is 0.343 e. The van der Waals surface area contributed by atoms with Crippen molar-refractivity contribution in [1.29, 1.82) is 0 Å². The van der Waals surface area contributed by atoms with E-state index in [1.54, 1.807) is 0 Å². The van der Waals surface area contributed by atoms with Gasteiger partial charge >= 0.3 is 5.97 Å². The molecule has 20 heavy (non-hydrogen) atoms. The van der Waals surface area contributed by atoms with Crippen LogP contribution in [0, 0.1) is 12.7 Å². The maximum absolute atomic E-state index is 13.6. The zero-order chi connectivity index (χ0) is 14.9. The molecule has 2 N–H and O–H groups in total. The third-order valence-electron chi connectivity index (χ3n) is 2.74. The molecule has 0 unspecified atom stereocenters. The Kier molecular flexibility index (Phi) is 3.51. The van der Waals surface area contributed by atoms with Crippen LogP contribution >= 0.6 is 0 Å². The largest absolute Gasteiger partial charge is 0.494 e. The van der Waals surface area contributed by atoms with Crippen LogP contribution in [0.3, 0.4) is 0 Å². The number of rotatable bonds is 3. The van der Waals surface area contributed by atoms with Crippen molar-refractivity contribution in [2.24, 2.45) is 0 Å². The van der Waals surface area contributed by atoms with E-state index in [1.165, 1.54) is 26.2 Å². The van der Waals surface area contributed by atoms with E-state index in [0.29, 0.717) is 5.56 Å². The summed E-state index contributed by atoms with van der Waals surface area (Å²) in [4.78, 5) is 28.9. The van der Waals surface area contributed by atoms with E-state index >= 15 is 0 Å². The Morgan fingerprint density at radius 1 is 1.45 bits per heavy atom. The number of aromatic nitrogens is 2. The predicted molar refractivity (Wildman–Crippen MR) is 68.5 cm³/mol. The van der Waals surface area contributed by atoms with E-state index in [1.807, 2.05) is 0 Å². The highest BCUT2D eigenvalue weighted by atomic mass is 19.1. The Balaban J connectivity index is 2.57. The van der Waals surface area contributed by atoms with Gasteiger partial charge in [0.2, 0.25) is 0 Å². The van der Waals surface area contributed by atoms with Crippen molar-refractivity contribution in [2.45, 2.75) is 6.92 Å². The number of halogens is 1. The number of H-pyrrole nitrogens is 1. The summed E-state index contributed by atoms with van der Waals surface area (Å²) in [6.45, 7) is 1.40. The predicted octanol–water partition coefficient (Wildman–Crippen LogP) is 1.59. The smallest absolute Gasteiger partial charge is 0.343 e. The first-order valence-electron chi connectivity index (χ1n) is 5.62. The lowest BCUT2D eigenvalue weighted by Gasteiger charge is -2.06. The van der Waals surface area contributed by atoms with E-state index < -0.39 is 22.9 Å². The number of aromatic carboxylic acids is 1. The van der Waals surface area contributed by atoms with Gasteiger partial charge in [0.1, 0.15) is 11.4 Å². The first kappa shape index (κ1) is 13.7. The maximum atomic E-state index is 13.6. The minimum Gasteiger partial charge on any atom is -0.494 e. The molecule has 0 saturated carbocycles. The standard InChI is InChI=1S/C13H11FN2O4/c1-6-10(13(18)19)12(17)16-11(15-6)7-3-4-9(20-2)8(14)5-7/h3-5H,1-2H3,(H,18,19)(H,15,16,17). The highest BCUT2D eigenvalue weighted by Crippen LogP contribution is 2.23. The zero-order valence-corrected chi connectivity index (χ0v) is 10.7. The molecule has 1 aromatic carbocycles. The van der Waals surface area contributed by atoms with Crippen molar-refractivity contribution in [2.75, 3.05) is 7.11 Å². The highest BCUT2D eigenvalue weighted by Gasteiger charge is 2.16. The second-order valence-electron chi connectivity index (χ2n) is 4.03. The van der Waals surface area contributed by atoms with Gasteiger partial charge in [-0.2, -0.15) is 0 Å². The Hall–Kier alpha value is -2.70. The normalized spacial score (nSPS) is 10.3. The van der Waals surface area contributed by atoms with Crippen LogP contribution < -0.4 is 10.3 Å². The molecule has 0 aliphatic heterocycles. The molecule has 0 bridgehead atoms. The number of carboxylic acids is 1. The fraction of sp³-hybridized carbons (Fsp3) is 0.154. The lowest BCUT2D eigenvalue weighted by Crippen LogP contribution is -2.21. The van der Waals surface area contributed by atoms with Gasteiger partial charge < -0.3 is 14.8 Å². The van der Waals surface area contributed by atoms with Gasteiger partial charge in [0.25, 0.3) is 5.56 Å². The lowest BCUT2D eigenvalue weighted by atomic mass is 10.1. The SMILES string of the molecule is COc1ccc(-c2nc(C)c(C(=O)O)c(=O)[nH]2)cc1F. The number of aryl methyl sites for hydroxylation is 1. The second kappa shape index (κ2) is 5.12. The van der Waals surface area contributed by atoms with Gasteiger partial charge in [0, 0.05) is 5.56 Å². The molecule has 0 fully saturated rings. The minimum absolute atomic E-state index is 0.0625. The average Bonchev–Trinajstić information content (AvgIpc) is 2.37. The zero-order valence-electron chi connectivity index (χ0n) is 10.7. The van der Waals surface area contributed by atoms with Gasteiger partial charge in [0.15, 0.2) is 11.6 Å². The summed E-state index contributed by atoms with van der Waals surface area (Å²) in [5.41, 5.74) is -0.827. The van der Waals surface area contributed by atoms with Gasteiger partial charge in [-0.3, -0.25) is 4.79 Å². The number of hydrogen-bond donors (Lipinski definition) is 2. The molecule has 7 heteroatoms. The van der Waals surface area contributed by atoms with Crippen LogP contribution in [0.1, 0.15) is 16.1 Å². The summed E-state index contributed by atoms with van der Waals surface area (Å²) in [6.07, 6.45) is 0. The molecule has 0 aliphatic carbocycles. The molecular formula is C13H11FN2O4. The molecule has 6 nitrogen and oxygen atoms in total. The Labute approximate surface area is 112 Å². The summed E-state index contributed by atoms with van der Waals surface area (Å²) < 4.78 is 18.4. The molecule has 0 radical (unpaired) electrons. The lowest BCUT2D eigenvalue weighted by molar-refractivity contribution is 0.0693. The third kappa shape index (κ3) is 2.37. The van der Waals surface area contributed by atoms with Crippen molar-refractivity contribution in [3.63, 3.8) is 0 Å². The molecule has 1 aromatic heterocycles. The van der Waals surface area contributed by atoms with Gasteiger partial charge in [-0.05, 0) is 25.1 Å². The number of hydrogen-bond acceptors (Lipinski definition) is 4. The molecule has 0 spiro atoms. The van der Waals surface area contributed by atoms with E-state index in [9.17, 15) is 14.0 Å². The molecule has 0 amide bonds. The number of benzene rings is 1. The molecule has 0 aliphatic rings. The molecule has 104 valence electrons. The van der Waals surface area contributed by atoms with Crippen LogP contribution in [0.25, 0.3) is 11.4 Å². The number of ether oxygens (including phenoxy) is 1. The molecule has 2 aromatic rings. The van der Waals surface area contributed by atoms with Crippen LogP contribution in [-0.2, 0) is 0 Å². The number of nitrogens with zero attached hydrogens (tertiary/aromatic N) is 1. The van der Waals surface area contributed by atoms with Crippen LogP contribution in [0.15, 0.2) is 23.0 Å². The molecule has 1 heterocycles.